The second-order valence-electron chi connectivity index (χ2n) is 7.69. The van der Waals surface area contributed by atoms with Gasteiger partial charge in [-0.2, -0.15) is 5.26 Å². The van der Waals surface area contributed by atoms with E-state index < -0.39 is 5.41 Å². The van der Waals surface area contributed by atoms with Gasteiger partial charge in [0, 0.05) is 34.4 Å². The quantitative estimate of drug-likeness (QED) is 0.747. The average Bonchev–Trinajstić information content (AvgIpc) is 3.05. The molecule has 2 amide bonds. The zero-order valence-corrected chi connectivity index (χ0v) is 15.4. The molecule has 2 aliphatic heterocycles. The van der Waals surface area contributed by atoms with Gasteiger partial charge >= 0.3 is 0 Å². The summed E-state index contributed by atoms with van der Waals surface area (Å²) in [4.78, 5) is 25.7. The minimum absolute atomic E-state index is 0.0674. The highest BCUT2D eigenvalue weighted by molar-refractivity contribution is 6.31. The summed E-state index contributed by atoms with van der Waals surface area (Å²) in [6.07, 6.45) is 1.63. The first-order chi connectivity index (χ1) is 12.2. The number of amides is 2. The predicted octanol–water partition coefficient (Wildman–Crippen LogP) is 3.35. The molecule has 132 valence electrons. The number of aromatic nitrogens is 1. The molecular formula is C19H17ClN4O2. The van der Waals surface area contributed by atoms with E-state index in [9.17, 15) is 14.9 Å². The topological polar surface area (TPSA) is 86.9 Å². The van der Waals surface area contributed by atoms with Crippen LogP contribution in [-0.2, 0) is 20.5 Å². The Bertz CT molecular complexity index is 1030. The first-order valence-corrected chi connectivity index (χ1v) is 8.64. The third-order valence-corrected chi connectivity index (χ3v) is 5.27. The number of halogens is 1. The Morgan fingerprint density at radius 1 is 1.27 bits per heavy atom. The molecule has 3 heterocycles. The molecule has 1 aromatic heterocycles. The summed E-state index contributed by atoms with van der Waals surface area (Å²) in [5, 5.41) is 15.9. The molecule has 1 spiro atoms. The van der Waals surface area contributed by atoms with Crippen LogP contribution in [-0.4, -0.2) is 16.4 Å². The number of carbonyl (C=O) groups is 2. The van der Waals surface area contributed by atoms with Crippen LogP contribution in [0.2, 0.25) is 5.02 Å². The number of fused-ring (bicyclic) bond motifs is 4. The number of nitriles is 1. The van der Waals surface area contributed by atoms with Crippen molar-refractivity contribution in [2.24, 2.45) is 0 Å². The second kappa shape index (κ2) is 5.12. The molecule has 7 heteroatoms. The van der Waals surface area contributed by atoms with Crippen molar-refractivity contribution in [1.29, 1.82) is 5.26 Å². The minimum Gasteiger partial charge on any atom is -0.328 e. The van der Waals surface area contributed by atoms with Crippen molar-refractivity contribution in [3.63, 3.8) is 0 Å². The van der Waals surface area contributed by atoms with Crippen LogP contribution in [0.1, 0.15) is 43.9 Å². The van der Waals surface area contributed by atoms with E-state index in [-0.39, 0.29) is 23.8 Å². The van der Waals surface area contributed by atoms with E-state index in [1.807, 2.05) is 25.3 Å². The number of rotatable bonds is 0. The smallest absolute Gasteiger partial charge is 0.240 e. The number of hydrogen-bond acceptors (Lipinski definition) is 3. The van der Waals surface area contributed by atoms with Crippen molar-refractivity contribution in [2.45, 2.75) is 38.1 Å². The molecule has 2 N–H and O–H groups in total. The largest absolute Gasteiger partial charge is 0.328 e. The van der Waals surface area contributed by atoms with Gasteiger partial charge in [0.25, 0.3) is 0 Å². The third-order valence-electron chi connectivity index (χ3n) is 5.04. The molecule has 26 heavy (non-hydrogen) atoms. The molecule has 1 unspecified atom stereocenters. The highest BCUT2D eigenvalue weighted by Gasteiger charge is 2.55. The Balaban J connectivity index is 2.12. The Kier molecular flexibility index (Phi) is 3.28. The highest BCUT2D eigenvalue weighted by atomic mass is 35.5. The van der Waals surface area contributed by atoms with Gasteiger partial charge in [-0.1, -0.05) is 11.6 Å². The maximum absolute atomic E-state index is 13.1. The van der Waals surface area contributed by atoms with E-state index in [1.165, 1.54) is 0 Å². The van der Waals surface area contributed by atoms with Crippen molar-refractivity contribution in [2.75, 3.05) is 10.6 Å². The third kappa shape index (κ3) is 2.04. The minimum atomic E-state index is -1.25. The molecule has 1 atom stereocenters. The van der Waals surface area contributed by atoms with Gasteiger partial charge in [-0.3, -0.25) is 9.59 Å². The average molecular weight is 369 g/mol. The van der Waals surface area contributed by atoms with Gasteiger partial charge in [0.05, 0.1) is 5.56 Å². The summed E-state index contributed by atoms with van der Waals surface area (Å²) < 4.78 is 1.84. The fraction of sp³-hybridized carbons (Fsp3) is 0.316. The van der Waals surface area contributed by atoms with E-state index >= 15 is 0 Å². The van der Waals surface area contributed by atoms with Gasteiger partial charge in [0.15, 0.2) is 0 Å². The molecule has 0 radical (unpaired) electrons. The van der Waals surface area contributed by atoms with Gasteiger partial charge in [-0.25, -0.2) is 0 Å². The number of hydrogen-bond donors (Lipinski definition) is 2. The molecule has 2 aromatic rings. The van der Waals surface area contributed by atoms with Gasteiger partial charge < -0.3 is 15.2 Å². The number of benzene rings is 1. The number of carbonyl (C=O) groups excluding carboxylic acids is 2. The van der Waals surface area contributed by atoms with Gasteiger partial charge in [-0.05, 0) is 44.5 Å². The van der Waals surface area contributed by atoms with Crippen LogP contribution in [0.25, 0.3) is 0 Å². The van der Waals surface area contributed by atoms with E-state index in [0.717, 1.165) is 0 Å². The van der Waals surface area contributed by atoms with Crippen LogP contribution in [0, 0.1) is 11.3 Å². The lowest BCUT2D eigenvalue weighted by atomic mass is 9.70. The SMILES string of the molecule is CC(C)(C)n1cc(C#N)c2c1NC(=O)CC21C(=O)Nc2ccc(Cl)cc21. The lowest BCUT2D eigenvalue weighted by Crippen LogP contribution is -2.44. The van der Waals surface area contributed by atoms with Crippen LogP contribution in [0.3, 0.4) is 0 Å². The molecule has 0 saturated heterocycles. The molecule has 0 fully saturated rings. The van der Waals surface area contributed by atoms with E-state index in [0.29, 0.717) is 33.2 Å². The molecule has 0 saturated carbocycles. The predicted molar refractivity (Wildman–Crippen MR) is 98.3 cm³/mol. The van der Waals surface area contributed by atoms with Crippen LogP contribution >= 0.6 is 11.6 Å². The second-order valence-corrected chi connectivity index (χ2v) is 8.13. The van der Waals surface area contributed by atoms with Crippen molar-refractivity contribution in [3.8, 4) is 6.07 Å². The van der Waals surface area contributed by atoms with Gasteiger partial charge in [0.2, 0.25) is 11.8 Å². The monoisotopic (exact) mass is 368 g/mol. The molecule has 4 rings (SSSR count). The summed E-state index contributed by atoms with van der Waals surface area (Å²) in [6, 6.07) is 7.31. The molecule has 0 aliphatic carbocycles. The summed E-state index contributed by atoms with van der Waals surface area (Å²) in [6.45, 7) is 5.92. The van der Waals surface area contributed by atoms with Crippen LogP contribution in [0.5, 0.6) is 0 Å². The van der Waals surface area contributed by atoms with Crippen molar-refractivity contribution >= 4 is 34.9 Å². The molecule has 6 nitrogen and oxygen atoms in total. The number of nitrogens with one attached hydrogen (secondary N) is 2. The Morgan fingerprint density at radius 3 is 2.65 bits per heavy atom. The zero-order valence-electron chi connectivity index (χ0n) is 14.6. The molecule has 1 aromatic carbocycles. The summed E-state index contributed by atoms with van der Waals surface area (Å²) in [7, 11) is 0. The lowest BCUT2D eigenvalue weighted by molar-refractivity contribution is -0.125. The number of anilines is 2. The van der Waals surface area contributed by atoms with Crippen molar-refractivity contribution in [1.82, 2.24) is 4.57 Å². The maximum atomic E-state index is 13.1. The highest BCUT2D eigenvalue weighted by Crippen LogP contribution is 2.52. The Morgan fingerprint density at radius 2 is 2.00 bits per heavy atom. The Hall–Kier alpha value is -2.78. The molecule has 0 bridgehead atoms. The van der Waals surface area contributed by atoms with Crippen molar-refractivity contribution < 1.29 is 9.59 Å². The van der Waals surface area contributed by atoms with E-state index in [1.54, 1.807) is 24.4 Å². The van der Waals surface area contributed by atoms with Crippen LogP contribution < -0.4 is 10.6 Å². The number of nitrogens with zero attached hydrogens (tertiary/aromatic N) is 2. The standard InChI is InChI=1S/C19H17ClN4O2/c1-18(2,3)24-9-10(8-21)15-16(24)23-14(25)7-19(15)12-6-11(20)4-5-13(12)22-17(19)26/h4-6,9H,7H2,1-3H3,(H,22,26)(H,23,25). The Labute approximate surface area is 155 Å². The first kappa shape index (κ1) is 16.7. The fourth-order valence-corrected chi connectivity index (χ4v) is 4.11. The van der Waals surface area contributed by atoms with Gasteiger partial charge in [0.1, 0.15) is 17.3 Å². The molecular weight excluding hydrogens is 352 g/mol. The van der Waals surface area contributed by atoms with E-state index in [4.69, 9.17) is 11.6 Å². The lowest BCUT2D eigenvalue weighted by Gasteiger charge is -2.34. The first-order valence-electron chi connectivity index (χ1n) is 8.26. The fourth-order valence-electron chi connectivity index (χ4n) is 3.93. The maximum Gasteiger partial charge on any atom is 0.240 e. The van der Waals surface area contributed by atoms with Crippen LogP contribution in [0.4, 0.5) is 11.5 Å². The zero-order chi connectivity index (χ0) is 18.9. The summed E-state index contributed by atoms with van der Waals surface area (Å²) >= 11 is 6.18. The summed E-state index contributed by atoms with van der Waals surface area (Å²) in [5.74, 6) is -0.0872. The van der Waals surface area contributed by atoms with Gasteiger partial charge in [-0.15, -0.1) is 0 Å². The summed E-state index contributed by atoms with van der Waals surface area (Å²) in [5.41, 5.74) is 0.532. The van der Waals surface area contributed by atoms with Crippen molar-refractivity contribution in [3.05, 3.63) is 46.1 Å². The van der Waals surface area contributed by atoms with Crippen LogP contribution in [0.15, 0.2) is 24.4 Å². The van der Waals surface area contributed by atoms with E-state index in [2.05, 4.69) is 16.7 Å². The molecule has 2 aliphatic rings. The normalized spacial score (nSPS) is 21.0.